The monoisotopic (exact) mass is 633 g/mol. The number of aryl methyl sites for hydroxylation is 3. The van der Waals surface area contributed by atoms with Crippen LogP contribution in [0.4, 0.5) is 0 Å². The summed E-state index contributed by atoms with van der Waals surface area (Å²) in [4.78, 5) is 19.0. The van der Waals surface area contributed by atoms with Gasteiger partial charge in [-0.3, -0.25) is 9.59 Å². The van der Waals surface area contributed by atoms with Crippen molar-refractivity contribution in [2.45, 2.75) is 118 Å². The maximum atomic E-state index is 10.5. The van der Waals surface area contributed by atoms with Crippen molar-refractivity contribution in [3.8, 4) is 5.75 Å². The predicted molar refractivity (Wildman–Crippen MR) is 197 cm³/mol. The van der Waals surface area contributed by atoms with Gasteiger partial charge in [-0.2, -0.15) is 0 Å². The molecule has 46 heavy (non-hydrogen) atoms. The number of rotatable bonds is 17. The number of allylic oxidation sites excluding steroid dienone is 4. The van der Waals surface area contributed by atoms with Crippen molar-refractivity contribution in [2.24, 2.45) is 5.41 Å². The minimum atomic E-state index is -0.285. The van der Waals surface area contributed by atoms with E-state index in [4.69, 9.17) is 9.53 Å². The van der Waals surface area contributed by atoms with Gasteiger partial charge in [-0.1, -0.05) is 110 Å². The zero-order valence-electron chi connectivity index (χ0n) is 30.4. The molecule has 256 valence electrons. The SMILES string of the molecule is C=CC/C=C\C(=C)C=O.CCCCCOc1ccc(C(CC)(CC)c2ccc(CCC(O)C(C)(C)C)c(C)c2)cc1C.CNC=O. The van der Waals surface area contributed by atoms with Crippen LogP contribution in [0.2, 0.25) is 0 Å². The van der Waals surface area contributed by atoms with E-state index in [0.717, 1.165) is 57.2 Å². The Bertz CT molecular complexity index is 1220. The topological polar surface area (TPSA) is 75.6 Å². The summed E-state index contributed by atoms with van der Waals surface area (Å²) < 4.78 is 6.06. The molecule has 5 nitrogen and oxygen atoms in total. The number of carbonyl (C=O) groups is 2. The zero-order valence-corrected chi connectivity index (χ0v) is 30.4. The Kier molecular flexibility index (Phi) is 21.3. The Morgan fingerprint density at radius 1 is 0.978 bits per heavy atom. The highest BCUT2D eigenvalue weighted by atomic mass is 16.5. The predicted octanol–water partition coefficient (Wildman–Crippen LogP) is 9.55. The Balaban J connectivity index is 0.00000131. The van der Waals surface area contributed by atoms with Crippen molar-refractivity contribution in [1.82, 2.24) is 5.32 Å². The minimum absolute atomic E-state index is 0.000284. The zero-order chi connectivity index (χ0) is 35.2. The van der Waals surface area contributed by atoms with E-state index in [-0.39, 0.29) is 16.9 Å². The summed E-state index contributed by atoms with van der Waals surface area (Å²) in [5.74, 6) is 1.01. The molecule has 2 aromatic rings. The van der Waals surface area contributed by atoms with E-state index in [1.165, 1.54) is 40.7 Å². The Morgan fingerprint density at radius 2 is 1.57 bits per heavy atom. The third kappa shape index (κ3) is 14.8. The normalized spacial score (nSPS) is 11.8. The van der Waals surface area contributed by atoms with Crippen LogP contribution in [0.3, 0.4) is 0 Å². The molecule has 0 aliphatic carbocycles. The Hall–Kier alpha value is -3.44. The van der Waals surface area contributed by atoms with Gasteiger partial charge in [-0.05, 0) is 91.7 Å². The van der Waals surface area contributed by atoms with Crippen molar-refractivity contribution in [2.75, 3.05) is 13.7 Å². The highest BCUT2D eigenvalue weighted by Crippen LogP contribution is 2.41. The molecule has 0 radical (unpaired) electrons. The summed E-state index contributed by atoms with van der Waals surface area (Å²) in [7, 11) is 1.56. The van der Waals surface area contributed by atoms with Crippen molar-refractivity contribution in [3.05, 3.63) is 101 Å². The van der Waals surface area contributed by atoms with Crippen molar-refractivity contribution in [1.29, 1.82) is 0 Å². The molecule has 0 fully saturated rings. The standard InChI is InChI=1S/C31H48O2.C8H10O.C2H5NO/c1-9-12-13-20-33-28-18-17-27(22-24(28)5)31(10-2,11-3)26-16-14-25(23(4)21-26)15-19-29(32)30(6,7)8;1-3-4-5-6-8(2)7-9;1-3-2-4/h14,16-18,21-22,29,32H,9-13,15,19-20H2,1-8H3;3,5-7H,1-2,4H2;2H,1H3,(H,3,4)/b;6-5-;. The number of aldehydes is 1. The van der Waals surface area contributed by atoms with Crippen LogP contribution in [-0.2, 0) is 21.4 Å². The number of benzene rings is 2. The summed E-state index contributed by atoms with van der Waals surface area (Å²) in [5, 5.41) is 12.7. The van der Waals surface area contributed by atoms with E-state index in [0.29, 0.717) is 12.0 Å². The first kappa shape index (κ1) is 42.6. The molecule has 2 N–H and O–H groups in total. The molecule has 0 saturated carbocycles. The summed E-state index contributed by atoms with van der Waals surface area (Å²) >= 11 is 0. The number of hydrogen-bond donors (Lipinski definition) is 2. The van der Waals surface area contributed by atoms with Crippen LogP contribution >= 0.6 is 0 Å². The fourth-order valence-corrected chi connectivity index (χ4v) is 5.23. The largest absolute Gasteiger partial charge is 0.493 e. The average Bonchev–Trinajstić information content (AvgIpc) is 3.04. The van der Waals surface area contributed by atoms with E-state index < -0.39 is 0 Å². The van der Waals surface area contributed by atoms with Crippen LogP contribution in [0, 0.1) is 19.3 Å². The van der Waals surface area contributed by atoms with E-state index in [1.807, 2.05) is 6.08 Å². The maximum absolute atomic E-state index is 10.5. The first-order chi connectivity index (χ1) is 21.8. The second kappa shape index (κ2) is 23.0. The first-order valence-electron chi connectivity index (χ1n) is 16.9. The number of hydrogen-bond acceptors (Lipinski definition) is 4. The lowest BCUT2D eigenvalue weighted by Crippen LogP contribution is -2.27. The van der Waals surface area contributed by atoms with Gasteiger partial charge >= 0.3 is 0 Å². The Morgan fingerprint density at radius 3 is 2.02 bits per heavy atom. The number of unbranched alkanes of at least 4 members (excludes halogenated alkanes) is 2. The number of amides is 1. The molecule has 0 aliphatic heterocycles. The van der Waals surface area contributed by atoms with Crippen LogP contribution in [0.25, 0.3) is 0 Å². The molecule has 0 spiro atoms. The molecule has 1 amide bonds. The Labute approximate surface area is 281 Å². The average molecular weight is 634 g/mol. The lowest BCUT2D eigenvalue weighted by Gasteiger charge is -2.34. The van der Waals surface area contributed by atoms with Crippen molar-refractivity contribution in [3.63, 3.8) is 0 Å². The number of nitrogens with one attached hydrogen (secondary N) is 1. The van der Waals surface area contributed by atoms with Gasteiger partial charge < -0.3 is 15.2 Å². The molecule has 5 heteroatoms. The smallest absolute Gasteiger partial charge is 0.206 e. The van der Waals surface area contributed by atoms with Crippen LogP contribution < -0.4 is 10.1 Å². The lowest BCUT2D eigenvalue weighted by molar-refractivity contribution is -0.109. The number of carbonyl (C=O) groups excluding carboxylic acids is 2. The van der Waals surface area contributed by atoms with Gasteiger partial charge in [0, 0.05) is 18.0 Å². The first-order valence-corrected chi connectivity index (χ1v) is 16.9. The van der Waals surface area contributed by atoms with Gasteiger partial charge in [0.05, 0.1) is 12.7 Å². The molecule has 0 heterocycles. The second-order valence-corrected chi connectivity index (χ2v) is 12.9. The van der Waals surface area contributed by atoms with Gasteiger partial charge in [0.2, 0.25) is 6.41 Å². The van der Waals surface area contributed by atoms with Crippen LogP contribution in [0.15, 0.2) is 73.4 Å². The molecule has 0 saturated heterocycles. The molecule has 0 aliphatic rings. The summed E-state index contributed by atoms with van der Waals surface area (Å²) in [5.41, 5.74) is 7.08. The van der Waals surface area contributed by atoms with Crippen molar-refractivity contribution < 1.29 is 19.4 Å². The van der Waals surface area contributed by atoms with Crippen LogP contribution in [-0.4, -0.2) is 37.6 Å². The minimum Gasteiger partial charge on any atom is -0.493 e. The van der Waals surface area contributed by atoms with Crippen LogP contribution in [0.5, 0.6) is 5.75 Å². The fraction of sp³-hybridized carbons (Fsp3) is 0.512. The fourth-order valence-electron chi connectivity index (χ4n) is 5.23. The highest BCUT2D eigenvalue weighted by molar-refractivity contribution is 5.76. The van der Waals surface area contributed by atoms with Crippen LogP contribution in [0.1, 0.15) is 114 Å². The van der Waals surface area contributed by atoms with Gasteiger partial charge in [0.15, 0.2) is 0 Å². The van der Waals surface area contributed by atoms with E-state index >= 15 is 0 Å². The number of aliphatic hydroxyl groups excluding tert-OH is 1. The van der Waals surface area contributed by atoms with E-state index in [2.05, 4.69) is 110 Å². The van der Waals surface area contributed by atoms with Gasteiger partial charge in [0.25, 0.3) is 0 Å². The molecule has 1 unspecified atom stereocenters. The van der Waals surface area contributed by atoms with Gasteiger partial charge in [-0.25, -0.2) is 0 Å². The summed E-state index contributed by atoms with van der Waals surface area (Å²) in [6.07, 6.45) is 14.5. The quantitative estimate of drug-likeness (QED) is 0.0598. The molecular formula is C41H63NO4. The molecular weight excluding hydrogens is 570 g/mol. The number of aliphatic hydroxyl groups is 1. The highest BCUT2D eigenvalue weighted by Gasteiger charge is 2.31. The molecule has 2 aromatic carbocycles. The van der Waals surface area contributed by atoms with Gasteiger partial charge in [-0.15, -0.1) is 6.58 Å². The van der Waals surface area contributed by atoms with Crippen molar-refractivity contribution >= 4 is 12.7 Å². The third-order valence-electron chi connectivity index (χ3n) is 8.43. The second-order valence-electron chi connectivity index (χ2n) is 12.9. The molecule has 2 rings (SSSR count). The van der Waals surface area contributed by atoms with E-state index in [9.17, 15) is 9.90 Å². The summed E-state index contributed by atoms with van der Waals surface area (Å²) in [6.45, 7) is 25.3. The van der Waals surface area contributed by atoms with Gasteiger partial charge in [0.1, 0.15) is 12.0 Å². The molecule has 0 aromatic heterocycles. The molecule has 1 atom stereocenters. The van der Waals surface area contributed by atoms with E-state index in [1.54, 1.807) is 19.2 Å². The lowest BCUT2D eigenvalue weighted by atomic mass is 9.69. The number of ether oxygens (including phenoxy) is 1. The maximum Gasteiger partial charge on any atom is 0.206 e. The molecule has 0 bridgehead atoms. The third-order valence-corrected chi connectivity index (χ3v) is 8.43. The summed E-state index contributed by atoms with van der Waals surface area (Å²) in [6, 6.07) is 13.8.